The molecule has 0 radical (unpaired) electrons. The number of hydrogen-bond acceptors (Lipinski definition) is 3. The molecule has 2 unspecified atom stereocenters. The van der Waals surface area contributed by atoms with Crippen LogP contribution in [0.15, 0.2) is 0 Å². The van der Waals surface area contributed by atoms with E-state index in [2.05, 4.69) is 19.3 Å². The van der Waals surface area contributed by atoms with Crippen molar-refractivity contribution in [1.82, 2.24) is 5.43 Å². The predicted molar refractivity (Wildman–Crippen MR) is 49.5 cm³/mol. The Balaban J connectivity index is 2.47. The predicted octanol–water partition coefficient (Wildman–Crippen LogP) is 0.899. The first-order chi connectivity index (χ1) is 5.70. The van der Waals surface area contributed by atoms with Gasteiger partial charge in [-0.25, -0.2) is 0 Å². The highest BCUT2D eigenvalue weighted by molar-refractivity contribution is 4.90. The summed E-state index contributed by atoms with van der Waals surface area (Å²) in [6, 6.07) is 0.294. The topological polar surface area (TPSA) is 47.3 Å². The van der Waals surface area contributed by atoms with E-state index in [1.165, 1.54) is 12.8 Å². The summed E-state index contributed by atoms with van der Waals surface area (Å²) in [7, 11) is 1.77. The molecule has 0 heterocycles. The highest BCUT2D eigenvalue weighted by Gasteiger charge is 2.37. The van der Waals surface area contributed by atoms with E-state index in [0.717, 1.165) is 5.92 Å². The van der Waals surface area contributed by atoms with Gasteiger partial charge in [0.25, 0.3) is 0 Å². The van der Waals surface area contributed by atoms with Crippen LogP contribution in [0.2, 0.25) is 0 Å². The second-order valence-corrected chi connectivity index (χ2v) is 3.97. The van der Waals surface area contributed by atoms with Crippen molar-refractivity contribution < 1.29 is 4.74 Å². The Morgan fingerprint density at radius 2 is 2.00 bits per heavy atom. The summed E-state index contributed by atoms with van der Waals surface area (Å²) in [6.45, 7) is 4.33. The van der Waals surface area contributed by atoms with Crippen LogP contribution in [-0.4, -0.2) is 19.3 Å². The number of nitrogens with two attached hydrogens (primary N) is 1. The largest absolute Gasteiger partial charge is 0.379 e. The average Bonchev–Trinajstić information content (AvgIpc) is 2.81. The van der Waals surface area contributed by atoms with E-state index < -0.39 is 0 Å². The zero-order valence-electron chi connectivity index (χ0n) is 8.21. The van der Waals surface area contributed by atoms with Crippen molar-refractivity contribution in [3.8, 4) is 0 Å². The van der Waals surface area contributed by atoms with E-state index in [4.69, 9.17) is 10.6 Å². The molecule has 3 nitrogen and oxygen atoms in total. The maximum absolute atomic E-state index is 5.49. The number of nitrogens with one attached hydrogen (secondary N) is 1. The van der Waals surface area contributed by atoms with Gasteiger partial charge in [0.05, 0.1) is 6.10 Å². The Labute approximate surface area is 74.6 Å². The number of methoxy groups -OCH3 is 1. The van der Waals surface area contributed by atoms with Gasteiger partial charge in [-0.2, -0.15) is 0 Å². The first-order valence-corrected chi connectivity index (χ1v) is 4.69. The van der Waals surface area contributed by atoms with Gasteiger partial charge in [0.1, 0.15) is 0 Å². The molecule has 1 fully saturated rings. The second-order valence-electron chi connectivity index (χ2n) is 3.97. The lowest BCUT2D eigenvalue weighted by Crippen LogP contribution is -2.49. The second kappa shape index (κ2) is 4.21. The van der Waals surface area contributed by atoms with Gasteiger partial charge in [-0.3, -0.25) is 11.3 Å². The van der Waals surface area contributed by atoms with E-state index in [1.807, 2.05) is 0 Å². The van der Waals surface area contributed by atoms with E-state index in [-0.39, 0.29) is 0 Å². The third kappa shape index (κ3) is 2.19. The Morgan fingerprint density at radius 3 is 2.25 bits per heavy atom. The molecular weight excluding hydrogens is 152 g/mol. The van der Waals surface area contributed by atoms with Gasteiger partial charge < -0.3 is 4.74 Å². The molecule has 12 heavy (non-hydrogen) atoms. The summed E-state index contributed by atoms with van der Waals surface area (Å²) in [5.41, 5.74) is 2.85. The molecular formula is C9H20N2O. The van der Waals surface area contributed by atoms with Crippen LogP contribution in [0.25, 0.3) is 0 Å². The Hall–Kier alpha value is -0.120. The summed E-state index contributed by atoms with van der Waals surface area (Å²) in [5, 5.41) is 0. The van der Waals surface area contributed by atoms with Crippen LogP contribution in [0.1, 0.15) is 26.7 Å². The maximum atomic E-state index is 5.49. The Morgan fingerprint density at radius 1 is 1.42 bits per heavy atom. The van der Waals surface area contributed by atoms with Crippen molar-refractivity contribution in [2.24, 2.45) is 17.7 Å². The number of ether oxygens (including phenoxy) is 1. The molecule has 0 aromatic rings. The molecule has 0 amide bonds. The molecule has 0 saturated heterocycles. The quantitative estimate of drug-likeness (QED) is 0.478. The fourth-order valence-corrected chi connectivity index (χ4v) is 1.72. The van der Waals surface area contributed by atoms with E-state index in [9.17, 15) is 0 Å². The molecule has 2 atom stereocenters. The number of hydrogen-bond donors (Lipinski definition) is 2. The van der Waals surface area contributed by atoms with Crippen LogP contribution in [0.5, 0.6) is 0 Å². The van der Waals surface area contributed by atoms with E-state index in [0.29, 0.717) is 18.1 Å². The van der Waals surface area contributed by atoms with Gasteiger partial charge in [-0.15, -0.1) is 0 Å². The molecule has 1 aliphatic carbocycles. The number of hydrazine groups is 1. The molecule has 3 N–H and O–H groups in total. The van der Waals surface area contributed by atoms with E-state index in [1.54, 1.807) is 7.11 Å². The third-order valence-electron chi connectivity index (χ3n) is 2.62. The van der Waals surface area contributed by atoms with Crippen molar-refractivity contribution in [1.29, 1.82) is 0 Å². The van der Waals surface area contributed by atoms with Gasteiger partial charge in [-0.05, 0) is 24.7 Å². The summed E-state index contributed by atoms with van der Waals surface area (Å²) in [5.74, 6) is 6.75. The standard InChI is InChI=1S/C9H20N2O/c1-6(2)8(11-10)9(12-3)7-4-5-7/h6-9,11H,4-5,10H2,1-3H3. The molecule has 1 aliphatic rings. The summed E-state index contributed by atoms with van der Waals surface area (Å²) < 4.78 is 5.45. The number of rotatable bonds is 5. The smallest absolute Gasteiger partial charge is 0.0768 e. The zero-order valence-corrected chi connectivity index (χ0v) is 8.21. The molecule has 0 bridgehead atoms. The summed E-state index contributed by atoms with van der Waals surface area (Å²) in [6.07, 6.45) is 2.89. The highest BCUT2D eigenvalue weighted by Crippen LogP contribution is 2.36. The van der Waals surface area contributed by atoms with Gasteiger partial charge in [0.2, 0.25) is 0 Å². The van der Waals surface area contributed by atoms with Crippen molar-refractivity contribution in [2.75, 3.05) is 7.11 Å². The van der Waals surface area contributed by atoms with Gasteiger partial charge in [0, 0.05) is 13.2 Å². The zero-order chi connectivity index (χ0) is 9.14. The Bertz CT molecular complexity index is 126. The lowest BCUT2D eigenvalue weighted by molar-refractivity contribution is 0.0365. The first kappa shape index (κ1) is 9.96. The molecule has 0 spiro atoms. The van der Waals surface area contributed by atoms with Crippen LogP contribution in [0.4, 0.5) is 0 Å². The molecule has 3 heteroatoms. The molecule has 0 aromatic heterocycles. The highest BCUT2D eigenvalue weighted by atomic mass is 16.5. The fraction of sp³-hybridized carbons (Fsp3) is 1.00. The van der Waals surface area contributed by atoms with Crippen LogP contribution >= 0.6 is 0 Å². The normalized spacial score (nSPS) is 22.8. The van der Waals surface area contributed by atoms with Crippen LogP contribution in [0, 0.1) is 11.8 Å². The lowest BCUT2D eigenvalue weighted by atomic mass is 9.96. The van der Waals surface area contributed by atoms with Crippen molar-refractivity contribution in [3.63, 3.8) is 0 Å². The van der Waals surface area contributed by atoms with Crippen molar-refractivity contribution in [2.45, 2.75) is 38.8 Å². The van der Waals surface area contributed by atoms with Crippen molar-refractivity contribution >= 4 is 0 Å². The molecule has 1 rings (SSSR count). The fourth-order valence-electron chi connectivity index (χ4n) is 1.72. The lowest BCUT2D eigenvalue weighted by Gasteiger charge is -2.28. The monoisotopic (exact) mass is 172 g/mol. The molecule has 0 aromatic carbocycles. The third-order valence-corrected chi connectivity index (χ3v) is 2.62. The Kier molecular flexibility index (Phi) is 3.50. The average molecular weight is 172 g/mol. The SMILES string of the molecule is COC(C1CC1)C(NN)C(C)C. The maximum Gasteiger partial charge on any atom is 0.0768 e. The van der Waals surface area contributed by atoms with Crippen LogP contribution < -0.4 is 11.3 Å². The summed E-state index contributed by atoms with van der Waals surface area (Å²) >= 11 is 0. The van der Waals surface area contributed by atoms with Crippen LogP contribution in [-0.2, 0) is 4.74 Å². The van der Waals surface area contributed by atoms with Gasteiger partial charge >= 0.3 is 0 Å². The minimum absolute atomic E-state index is 0.294. The first-order valence-electron chi connectivity index (χ1n) is 4.69. The van der Waals surface area contributed by atoms with Gasteiger partial charge in [0.15, 0.2) is 0 Å². The molecule has 1 saturated carbocycles. The van der Waals surface area contributed by atoms with Crippen LogP contribution in [0.3, 0.4) is 0 Å². The van der Waals surface area contributed by atoms with Crippen molar-refractivity contribution in [3.05, 3.63) is 0 Å². The molecule has 0 aliphatic heterocycles. The summed E-state index contributed by atoms with van der Waals surface area (Å²) in [4.78, 5) is 0. The molecule has 72 valence electrons. The minimum Gasteiger partial charge on any atom is -0.379 e. The minimum atomic E-state index is 0.294. The van der Waals surface area contributed by atoms with E-state index >= 15 is 0 Å². The van der Waals surface area contributed by atoms with Gasteiger partial charge in [-0.1, -0.05) is 13.8 Å².